The Morgan fingerprint density at radius 3 is 2.55 bits per heavy atom. The van der Waals surface area contributed by atoms with E-state index < -0.39 is 0 Å². The van der Waals surface area contributed by atoms with E-state index >= 15 is 0 Å². The first-order valence-corrected chi connectivity index (χ1v) is 12.9. The molecule has 0 amide bonds. The number of benzene rings is 3. The SMILES string of the molecule is CC[C@@H](c1nnnn1Cc1ccc(F)cc1)N(CCc1ccccc1)Cc1cc2cccc(C)c2[nH]c1=O. The molecule has 0 spiro atoms. The lowest BCUT2D eigenvalue weighted by Gasteiger charge is -2.30. The van der Waals surface area contributed by atoms with Crippen molar-refractivity contribution in [1.29, 1.82) is 0 Å². The minimum atomic E-state index is -0.278. The van der Waals surface area contributed by atoms with Gasteiger partial charge in [-0.3, -0.25) is 9.69 Å². The van der Waals surface area contributed by atoms with Crippen molar-refractivity contribution in [3.8, 4) is 0 Å². The maximum Gasteiger partial charge on any atom is 0.252 e. The number of rotatable bonds is 10. The molecule has 0 saturated heterocycles. The number of aromatic nitrogens is 5. The van der Waals surface area contributed by atoms with E-state index in [2.05, 4.69) is 44.5 Å². The van der Waals surface area contributed by atoms with Crippen LogP contribution in [0.4, 0.5) is 4.39 Å². The van der Waals surface area contributed by atoms with Gasteiger partial charge in [0.1, 0.15) is 5.82 Å². The van der Waals surface area contributed by atoms with E-state index in [-0.39, 0.29) is 17.4 Å². The number of halogens is 1. The highest BCUT2D eigenvalue weighted by Crippen LogP contribution is 2.26. The zero-order valence-electron chi connectivity index (χ0n) is 21.6. The Morgan fingerprint density at radius 2 is 1.79 bits per heavy atom. The molecular formula is C30H31FN6O. The number of hydrogen-bond acceptors (Lipinski definition) is 5. The van der Waals surface area contributed by atoms with Gasteiger partial charge in [0, 0.05) is 18.7 Å². The first kappa shape index (κ1) is 25.5. The van der Waals surface area contributed by atoms with Crippen molar-refractivity contribution in [2.75, 3.05) is 6.54 Å². The van der Waals surface area contributed by atoms with E-state index in [0.29, 0.717) is 18.7 Å². The first-order valence-electron chi connectivity index (χ1n) is 12.9. The Labute approximate surface area is 220 Å². The number of nitrogens with one attached hydrogen (secondary N) is 1. The van der Waals surface area contributed by atoms with Crippen LogP contribution < -0.4 is 5.56 Å². The van der Waals surface area contributed by atoms with E-state index in [4.69, 9.17) is 0 Å². The predicted molar refractivity (Wildman–Crippen MR) is 146 cm³/mol. The molecule has 0 fully saturated rings. The molecular weight excluding hydrogens is 479 g/mol. The fourth-order valence-electron chi connectivity index (χ4n) is 4.96. The van der Waals surface area contributed by atoms with Gasteiger partial charge in [-0.15, -0.1) is 5.10 Å². The summed E-state index contributed by atoms with van der Waals surface area (Å²) in [6.07, 6.45) is 1.57. The summed E-state index contributed by atoms with van der Waals surface area (Å²) in [6.45, 7) is 5.70. The van der Waals surface area contributed by atoms with Gasteiger partial charge in [-0.1, -0.05) is 67.6 Å². The van der Waals surface area contributed by atoms with Crippen molar-refractivity contribution >= 4 is 10.9 Å². The van der Waals surface area contributed by atoms with Crippen molar-refractivity contribution < 1.29 is 4.39 Å². The molecule has 1 atom stereocenters. The van der Waals surface area contributed by atoms with E-state index in [1.807, 2.05) is 49.4 Å². The molecule has 0 bridgehead atoms. The summed E-state index contributed by atoms with van der Waals surface area (Å²) >= 11 is 0. The molecule has 0 radical (unpaired) electrons. The van der Waals surface area contributed by atoms with Crippen LogP contribution in [0.1, 0.15) is 47.5 Å². The standard InChI is InChI=1S/C30H31FN6O/c1-3-27(29-33-34-35-37(29)19-23-12-14-26(31)15-13-23)36(17-16-22-9-5-4-6-10-22)20-25-18-24-11-7-8-21(2)28(24)32-30(25)38/h4-15,18,27H,3,16-17,19-20H2,1-2H3,(H,32,38)/t27-/m0/s1. The summed E-state index contributed by atoms with van der Waals surface area (Å²) in [5.41, 5.74) is 4.66. The lowest BCUT2D eigenvalue weighted by molar-refractivity contribution is 0.172. The van der Waals surface area contributed by atoms with Crippen LogP contribution >= 0.6 is 0 Å². The van der Waals surface area contributed by atoms with E-state index in [9.17, 15) is 9.18 Å². The smallest absolute Gasteiger partial charge is 0.252 e. The molecule has 2 aromatic heterocycles. The Morgan fingerprint density at radius 1 is 1.00 bits per heavy atom. The normalized spacial score (nSPS) is 12.3. The van der Waals surface area contributed by atoms with Crippen LogP contribution in [0.25, 0.3) is 10.9 Å². The van der Waals surface area contributed by atoms with Crippen LogP contribution in [0, 0.1) is 12.7 Å². The second-order valence-electron chi connectivity index (χ2n) is 9.61. The molecule has 5 aromatic rings. The van der Waals surface area contributed by atoms with E-state index in [1.54, 1.807) is 16.8 Å². The minimum absolute atomic E-state index is 0.0859. The van der Waals surface area contributed by atoms with Gasteiger partial charge in [0.25, 0.3) is 5.56 Å². The van der Waals surface area contributed by atoms with Gasteiger partial charge in [0.15, 0.2) is 5.82 Å². The monoisotopic (exact) mass is 510 g/mol. The predicted octanol–water partition coefficient (Wildman–Crippen LogP) is 5.21. The topological polar surface area (TPSA) is 79.7 Å². The number of hydrogen-bond donors (Lipinski definition) is 1. The highest BCUT2D eigenvalue weighted by molar-refractivity contribution is 5.81. The molecule has 0 aliphatic heterocycles. The van der Waals surface area contributed by atoms with Gasteiger partial charge in [0.2, 0.25) is 0 Å². The Balaban J connectivity index is 1.48. The summed E-state index contributed by atoms with van der Waals surface area (Å²) in [5, 5.41) is 13.6. The van der Waals surface area contributed by atoms with Crippen LogP contribution in [0.15, 0.2) is 83.7 Å². The fourth-order valence-corrected chi connectivity index (χ4v) is 4.96. The number of aromatic amines is 1. The van der Waals surface area contributed by atoms with Crippen molar-refractivity contribution in [2.24, 2.45) is 0 Å². The molecule has 38 heavy (non-hydrogen) atoms. The molecule has 194 valence electrons. The summed E-state index contributed by atoms with van der Waals surface area (Å²) in [6, 6.07) is 24.6. The van der Waals surface area contributed by atoms with Gasteiger partial charge < -0.3 is 4.98 Å². The third kappa shape index (κ3) is 5.70. The quantitative estimate of drug-likeness (QED) is 0.279. The molecule has 8 heteroatoms. The van der Waals surface area contributed by atoms with Gasteiger partial charge in [0.05, 0.1) is 18.1 Å². The highest BCUT2D eigenvalue weighted by atomic mass is 19.1. The molecule has 2 heterocycles. The Hall–Kier alpha value is -4.17. The molecule has 1 N–H and O–H groups in total. The zero-order valence-corrected chi connectivity index (χ0v) is 21.6. The van der Waals surface area contributed by atoms with E-state index in [0.717, 1.165) is 47.2 Å². The summed E-state index contributed by atoms with van der Waals surface area (Å²) in [4.78, 5) is 18.5. The maximum atomic E-state index is 13.4. The van der Waals surface area contributed by atoms with Crippen LogP contribution in [-0.4, -0.2) is 36.6 Å². The molecule has 0 saturated carbocycles. The molecule has 0 aliphatic carbocycles. The average molecular weight is 511 g/mol. The van der Waals surface area contributed by atoms with Gasteiger partial charge in [-0.05, 0) is 70.5 Å². The second-order valence-corrected chi connectivity index (χ2v) is 9.61. The zero-order chi connectivity index (χ0) is 26.5. The van der Waals surface area contributed by atoms with Gasteiger partial charge >= 0.3 is 0 Å². The van der Waals surface area contributed by atoms with E-state index in [1.165, 1.54) is 17.7 Å². The summed E-state index contributed by atoms with van der Waals surface area (Å²) in [5.74, 6) is 0.443. The summed E-state index contributed by atoms with van der Waals surface area (Å²) < 4.78 is 15.2. The molecule has 5 rings (SSSR count). The minimum Gasteiger partial charge on any atom is -0.321 e. The fraction of sp³-hybridized carbons (Fsp3) is 0.267. The lowest BCUT2D eigenvalue weighted by Crippen LogP contribution is -2.34. The second kappa shape index (κ2) is 11.5. The number of aryl methyl sites for hydroxylation is 1. The largest absolute Gasteiger partial charge is 0.321 e. The van der Waals surface area contributed by atoms with Crippen LogP contribution in [0.2, 0.25) is 0 Å². The van der Waals surface area contributed by atoms with Crippen molar-refractivity contribution in [3.05, 3.63) is 123 Å². The molecule has 7 nitrogen and oxygen atoms in total. The van der Waals surface area contributed by atoms with Gasteiger partial charge in [-0.2, -0.15) is 0 Å². The number of tetrazole rings is 1. The molecule has 0 aliphatic rings. The van der Waals surface area contributed by atoms with Crippen molar-refractivity contribution in [1.82, 2.24) is 30.1 Å². The Kier molecular flexibility index (Phi) is 7.70. The number of fused-ring (bicyclic) bond motifs is 1. The third-order valence-corrected chi connectivity index (χ3v) is 7.00. The summed E-state index contributed by atoms with van der Waals surface area (Å²) in [7, 11) is 0. The lowest BCUT2D eigenvalue weighted by atomic mass is 10.1. The van der Waals surface area contributed by atoms with Crippen LogP contribution in [0.5, 0.6) is 0 Å². The molecule has 3 aromatic carbocycles. The number of para-hydroxylation sites is 1. The highest BCUT2D eigenvalue weighted by Gasteiger charge is 2.26. The number of pyridine rings is 1. The van der Waals surface area contributed by atoms with Crippen molar-refractivity contribution in [3.63, 3.8) is 0 Å². The maximum absolute atomic E-state index is 13.4. The number of nitrogens with zero attached hydrogens (tertiary/aromatic N) is 5. The van der Waals surface area contributed by atoms with Gasteiger partial charge in [-0.25, -0.2) is 9.07 Å². The first-order chi connectivity index (χ1) is 18.5. The Bertz CT molecular complexity index is 1560. The van der Waals surface area contributed by atoms with Crippen LogP contribution in [0.3, 0.4) is 0 Å². The third-order valence-electron chi connectivity index (χ3n) is 7.00. The van der Waals surface area contributed by atoms with Crippen molar-refractivity contribution in [2.45, 2.75) is 45.8 Å². The van der Waals surface area contributed by atoms with Crippen LogP contribution in [-0.2, 0) is 19.5 Å². The number of H-pyrrole nitrogens is 1. The average Bonchev–Trinajstić information content (AvgIpc) is 3.38. The molecule has 0 unspecified atom stereocenters.